The molecular formula is C11H15Br2NOS. The molecule has 0 N–H and O–H groups in total. The van der Waals surface area contributed by atoms with Crippen LogP contribution in [0.5, 0.6) is 0 Å². The smallest absolute Gasteiger partial charge is 0.264 e. The van der Waals surface area contributed by atoms with E-state index in [-0.39, 0.29) is 11.9 Å². The van der Waals surface area contributed by atoms with Gasteiger partial charge in [0.1, 0.15) is 0 Å². The first-order chi connectivity index (χ1) is 7.56. The van der Waals surface area contributed by atoms with Crippen molar-refractivity contribution in [2.75, 3.05) is 11.9 Å². The number of hydrogen-bond acceptors (Lipinski definition) is 2. The lowest BCUT2D eigenvalue weighted by molar-refractivity contribution is 0.0712. The summed E-state index contributed by atoms with van der Waals surface area (Å²) in [5, 5.41) is 0.928. The Kier molecular flexibility index (Phi) is 6.00. The summed E-state index contributed by atoms with van der Waals surface area (Å²) in [6.45, 7) is 4.90. The van der Waals surface area contributed by atoms with Gasteiger partial charge in [-0.1, -0.05) is 15.9 Å². The molecule has 1 aromatic rings. The molecule has 16 heavy (non-hydrogen) atoms. The number of alkyl halides is 1. The average molecular weight is 369 g/mol. The highest BCUT2D eigenvalue weighted by Crippen LogP contribution is 2.24. The number of thiophene rings is 1. The van der Waals surface area contributed by atoms with E-state index in [4.69, 9.17) is 0 Å². The lowest BCUT2D eigenvalue weighted by atomic mass is 10.2. The maximum atomic E-state index is 12.2. The van der Waals surface area contributed by atoms with E-state index in [1.807, 2.05) is 17.0 Å². The van der Waals surface area contributed by atoms with E-state index in [9.17, 15) is 4.79 Å². The van der Waals surface area contributed by atoms with E-state index < -0.39 is 0 Å². The van der Waals surface area contributed by atoms with Gasteiger partial charge in [-0.3, -0.25) is 4.79 Å². The highest BCUT2D eigenvalue weighted by atomic mass is 79.9. The van der Waals surface area contributed by atoms with E-state index in [1.165, 1.54) is 11.3 Å². The zero-order valence-electron chi connectivity index (χ0n) is 9.37. The number of nitrogens with zero attached hydrogens (tertiary/aromatic N) is 1. The van der Waals surface area contributed by atoms with Crippen LogP contribution in [0.4, 0.5) is 0 Å². The Morgan fingerprint density at radius 1 is 1.50 bits per heavy atom. The Labute approximate surface area is 117 Å². The van der Waals surface area contributed by atoms with Gasteiger partial charge in [0.05, 0.1) is 8.66 Å². The molecule has 1 aromatic heterocycles. The van der Waals surface area contributed by atoms with Crippen molar-refractivity contribution in [3.05, 3.63) is 20.8 Å². The number of rotatable bonds is 5. The second-order valence-electron chi connectivity index (χ2n) is 3.74. The Morgan fingerprint density at radius 3 is 2.62 bits per heavy atom. The Balaban J connectivity index is 2.74. The van der Waals surface area contributed by atoms with Crippen LogP contribution in [0.15, 0.2) is 15.9 Å². The van der Waals surface area contributed by atoms with Crippen LogP contribution in [0.3, 0.4) is 0 Å². The molecule has 0 atom stereocenters. The third-order valence-electron chi connectivity index (χ3n) is 2.20. The second-order valence-corrected chi connectivity index (χ2v) is 6.99. The van der Waals surface area contributed by atoms with Gasteiger partial charge in [0.15, 0.2) is 0 Å². The van der Waals surface area contributed by atoms with E-state index in [0.717, 1.165) is 27.0 Å². The fourth-order valence-electron chi connectivity index (χ4n) is 1.40. The van der Waals surface area contributed by atoms with E-state index >= 15 is 0 Å². The summed E-state index contributed by atoms with van der Waals surface area (Å²) in [5.74, 6) is 0.131. The normalized spacial score (nSPS) is 10.8. The van der Waals surface area contributed by atoms with Crippen LogP contribution in [0.1, 0.15) is 29.9 Å². The topological polar surface area (TPSA) is 20.3 Å². The first kappa shape index (κ1) is 14.2. The summed E-state index contributed by atoms with van der Waals surface area (Å²) in [7, 11) is 0. The first-order valence-electron chi connectivity index (χ1n) is 5.18. The molecule has 1 heterocycles. The van der Waals surface area contributed by atoms with Gasteiger partial charge >= 0.3 is 0 Å². The maximum absolute atomic E-state index is 12.2. The molecule has 5 heteroatoms. The summed E-state index contributed by atoms with van der Waals surface area (Å²) in [4.78, 5) is 14.9. The van der Waals surface area contributed by atoms with Crippen molar-refractivity contribution >= 4 is 49.1 Å². The molecule has 0 aliphatic carbocycles. The van der Waals surface area contributed by atoms with Gasteiger partial charge in [-0.2, -0.15) is 0 Å². The molecule has 0 spiro atoms. The van der Waals surface area contributed by atoms with Crippen LogP contribution in [-0.2, 0) is 0 Å². The van der Waals surface area contributed by atoms with Crippen LogP contribution in [0.25, 0.3) is 0 Å². The van der Waals surface area contributed by atoms with Gasteiger partial charge in [-0.05, 0) is 48.3 Å². The third-order valence-corrected chi connectivity index (χ3v) is 4.37. The molecule has 0 saturated carbocycles. The van der Waals surface area contributed by atoms with Gasteiger partial charge in [0.25, 0.3) is 5.91 Å². The molecule has 0 aromatic carbocycles. The summed E-state index contributed by atoms with van der Waals surface area (Å²) in [6, 6.07) is 4.04. The van der Waals surface area contributed by atoms with Crippen molar-refractivity contribution in [1.29, 1.82) is 0 Å². The molecule has 0 saturated heterocycles. The van der Waals surface area contributed by atoms with Gasteiger partial charge in [-0.15, -0.1) is 11.3 Å². The van der Waals surface area contributed by atoms with Gasteiger partial charge in [-0.25, -0.2) is 0 Å². The van der Waals surface area contributed by atoms with E-state index in [0.29, 0.717) is 0 Å². The van der Waals surface area contributed by atoms with Crippen LogP contribution in [-0.4, -0.2) is 28.7 Å². The largest absolute Gasteiger partial charge is 0.335 e. The Morgan fingerprint density at radius 2 is 2.19 bits per heavy atom. The lowest BCUT2D eigenvalue weighted by Crippen LogP contribution is -2.37. The average Bonchev–Trinajstić information content (AvgIpc) is 2.64. The number of hydrogen-bond donors (Lipinski definition) is 0. The molecule has 0 radical (unpaired) electrons. The highest BCUT2D eigenvalue weighted by molar-refractivity contribution is 9.11. The van der Waals surface area contributed by atoms with E-state index in [2.05, 4.69) is 45.7 Å². The first-order valence-corrected chi connectivity index (χ1v) is 7.91. The molecule has 0 bridgehead atoms. The minimum absolute atomic E-state index is 0.131. The number of carbonyl (C=O) groups is 1. The highest BCUT2D eigenvalue weighted by Gasteiger charge is 2.19. The number of amides is 1. The zero-order chi connectivity index (χ0) is 12.1. The van der Waals surface area contributed by atoms with Crippen molar-refractivity contribution in [3.63, 3.8) is 0 Å². The lowest BCUT2D eigenvalue weighted by Gasteiger charge is -2.25. The predicted molar refractivity (Wildman–Crippen MR) is 76.6 cm³/mol. The van der Waals surface area contributed by atoms with Crippen molar-refractivity contribution in [2.45, 2.75) is 26.3 Å². The predicted octanol–water partition coefficient (Wildman–Crippen LogP) is 4.15. The molecule has 1 rings (SSSR count). The van der Waals surface area contributed by atoms with Gasteiger partial charge in [0.2, 0.25) is 0 Å². The molecule has 0 aliphatic rings. The Hall–Kier alpha value is 0.130. The van der Waals surface area contributed by atoms with Crippen molar-refractivity contribution < 1.29 is 4.79 Å². The van der Waals surface area contributed by atoms with Crippen molar-refractivity contribution in [1.82, 2.24) is 4.90 Å². The summed E-state index contributed by atoms with van der Waals surface area (Å²) in [5.41, 5.74) is 0. The molecule has 90 valence electrons. The van der Waals surface area contributed by atoms with Gasteiger partial charge in [0, 0.05) is 17.9 Å². The zero-order valence-corrected chi connectivity index (χ0v) is 13.4. The number of carbonyl (C=O) groups excluding carboxylic acids is 1. The summed E-state index contributed by atoms with van der Waals surface area (Å²) in [6.07, 6.45) is 0.983. The SMILES string of the molecule is CC(C)N(CCCBr)C(=O)c1ccc(Br)s1. The minimum Gasteiger partial charge on any atom is -0.335 e. The summed E-state index contributed by atoms with van der Waals surface area (Å²) >= 11 is 8.26. The molecule has 0 aliphatic heterocycles. The van der Waals surface area contributed by atoms with Gasteiger partial charge < -0.3 is 4.90 Å². The monoisotopic (exact) mass is 367 g/mol. The maximum Gasteiger partial charge on any atom is 0.264 e. The van der Waals surface area contributed by atoms with E-state index in [1.54, 1.807) is 0 Å². The van der Waals surface area contributed by atoms with Crippen molar-refractivity contribution in [3.8, 4) is 0 Å². The van der Waals surface area contributed by atoms with Crippen molar-refractivity contribution in [2.24, 2.45) is 0 Å². The fourth-order valence-corrected chi connectivity index (χ4v) is 2.99. The standard InChI is InChI=1S/C11H15Br2NOS/c1-8(2)14(7-3-6-12)11(15)9-4-5-10(13)16-9/h4-5,8H,3,6-7H2,1-2H3. The van der Waals surface area contributed by atoms with Crippen LogP contribution in [0.2, 0.25) is 0 Å². The van der Waals surface area contributed by atoms with Crippen LogP contribution >= 0.6 is 43.2 Å². The third kappa shape index (κ3) is 3.86. The molecule has 1 amide bonds. The quantitative estimate of drug-likeness (QED) is 0.715. The molecule has 2 nitrogen and oxygen atoms in total. The van der Waals surface area contributed by atoms with Crippen LogP contribution in [0, 0.1) is 0 Å². The van der Waals surface area contributed by atoms with Crippen LogP contribution < -0.4 is 0 Å². The second kappa shape index (κ2) is 6.77. The minimum atomic E-state index is 0.131. The summed E-state index contributed by atoms with van der Waals surface area (Å²) < 4.78 is 1.00. The fraction of sp³-hybridized carbons (Fsp3) is 0.545. The molecule has 0 unspecified atom stereocenters. The Bertz CT molecular complexity index is 352. The molecular weight excluding hydrogens is 354 g/mol. The number of halogens is 2. The molecule has 0 fully saturated rings.